The smallest absolute Gasteiger partial charge is 0.231 e. The number of methoxy groups -OCH3 is 1. The fraction of sp³-hybridized carbons (Fsp3) is 0.154. The molecule has 0 amide bonds. The summed E-state index contributed by atoms with van der Waals surface area (Å²) in [5.74, 6) is 1.38. The molecule has 0 spiro atoms. The number of rotatable bonds is 3. The van der Waals surface area contributed by atoms with Crippen LogP contribution >= 0.6 is 15.9 Å². The van der Waals surface area contributed by atoms with Gasteiger partial charge >= 0.3 is 0 Å². The third-order valence-corrected chi connectivity index (χ3v) is 2.87. The molecular weight excluding hydrogens is 284 g/mol. The van der Waals surface area contributed by atoms with E-state index in [4.69, 9.17) is 9.15 Å². The maximum absolute atomic E-state index is 12.2. The first kappa shape index (κ1) is 11.9. The summed E-state index contributed by atoms with van der Waals surface area (Å²) in [6, 6.07) is 8.69. The van der Waals surface area contributed by atoms with Gasteiger partial charge in [0.2, 0.25) is 5.78 Å². The Hall–Kier alpha value is -1.55. The number of carbonyl (C=O) groups is 1. The molecule has 1 aromatic heterocycles. The van der Waals surface area contributed by atoms with Crippen molar-refractivity contribution in [1.29, 1.82) is 0 Å². The monoisotopic (exact) mass is 294 g/mol. The second kappa shape index (κ2) is 4.75. The van der Waals surface area contributed by atoms with Crippen LogP contribution < -0.4 is 4.74 Å². The molecule has 0 saturated heterocycles. The lowest BCUT2D eigenvalue weighted by molar-refractivity contribution is 0.100. The fourth-order valence-electron chi connectivity index (χ4n) is 1.54. The van der Waals surface area contributed by atoms with Gasteiger partial charge in [0.25, 0.3) is 0 Å². The van der Waals surface area contributed by atoms with Crippen LogP contribution in [0.1, 0.15) is 21.9 Å². The standard InChI is InChI=1S/C13H11BrO3/c1-8-3-6-11(17-8)13(15)10-5-4-9(14)7-12(10)16-2/h3-7H,1-2H3. The average molecular weight is 295 g/mol. The molecule has 0 atom stereocenters. The van der Waals surface area contributed by atoms with Gasteiger partial charge in [-0.05, 0) is 37.3 Å². The Bertz CT molecular complexity index is 558. The van der Waals surface area contributed by atoms with Crippen molar-refractivity contribution in [3.63, 3.8) is 0 Å². The van der Waals surface area contributed by atoms with E-state index in [1.165, 1.54) is 7.11 Å². The number of aryl methyl sites for hydroxylation is 1. The van der Waals surface area contributed by atoms with E-state index in [1.54, 1.807) is 37.3 Å². The molecule has 2 aromatic rings. The molecule has 1 aromatic carbocycles. The number of hydrogen-bond donors (Lipinski definition) is 0. The highest BCUT2D eigenvalue weighted by molar-refractivity contribution is 9.10. The third kappa shape index (κ3) is 2.42. The first-order chi connectivity index (χ1) is 8.11. The van der Waals surface area contributed by atoms with Crippen molar-refractivity contribution in [3.05, 3.63) is 51.9 Å². The maximum atomic E-state index is 12.2. The number of halogens is 1. The van der Waals surface area contributed by atoms with Crippen LogP contribution in [-0.2, 0) is 0 Å². The predicted molar refractivity (Wildman–Crippen MR) is 67.6 cm³/mol. The quantitative estimate of drug-likeness (QED) is 0.812. The summed E-state index contributed by atoms with van der Waals surface area (Å²) < 4.78 is 11.4. The Labute approximate surface area is 108 Å². The van der Waals surface area contributed by atoms with Crippen molar-refractivity contribution in [1.82, 2.24) is 0 Å². The van der Waals surface area contributed by atoms with Gasteiger partial charge in [-0.3, -0.25) is 4.79 Å². The lowest BCUT2D eigenvalue weighted by Gasteiger charge is -2.06. The minimum atomic E-state index is -0.178. The summed E-state index contributed by atoms with van der Waals surface area (Å²) in [6.07, 6.45) is 0. The molecule has 1 heterocycles. The van der Waals surface area contributed by atoms with Crippen molar-refractivity contribution < 1.29 is 13.9 Å². The predicted octanol–water partition coefficient (Wildman–Crippen LogP) is 3.59. The highest BCUT2D eigenvalue weighted by atomic mass is 79.9. The van der Waals surface area contributed by atoms with Gasteiger partial charge in [-0.2, -0.15) is 0 Å². The van der Waals surface area contributed by atoms with Gasteiger partial charge in [-0.25, -0.2) is 0 Å². The Balaban J connectivity index is 2.43. The summed E-state index contributed by atoms with van der Waals surface area (Å²) >= 11 is 3.33. The van der Waals surface area contributed by atoms with E-state index >= 15 is 0 Å². The molecule has 0 radical (unpaired) electrons. The molecule has 0 bridgehead atoms. The van der Waals surface area contributed by atoms with E-state index in [9.17, 15) is 4.79 Å². The van der Waals surface area contributed by atoms with E-state index in [-0.39, 0.29) is 5.78 Å². The van der Waals surface area contributed by atoms with Crippen molar-refractivity contribution >= 4 is 21.7 Å². The lowest BCUT2D eigenvalue weighted by Crippen LogP contribution is -2.02. The number of hydrogen-bond acceptors (Lipinski definition) is 3. The summed E-state index contributed by atoms with van der Waals surface area (Å²) in [5, 5.41) is 0. The number of ether oxygens (including phenoxy) is 1. The van der Waals surface area contributed by atoms with Crippen LogP contribution in [0.2, 0.25) is 0 Å². The van der Waals surface area contributed by atoms with E-state index in [0.717, 1.165) is 4.47 Å². The second-order valence-electron chi connectivity index (χ2n) is 3.58. The molecule has 0 saturated carbocycles. The van der Waals surface area contributed by atoms with E-state index < -0.39 is 0 Å². The molecule has 0 aliphatic heterocycles. The SMILES string of the molecule is COc1cc(Br)ccc1C(=O)c1ccc(C)o1. The van der Waals surface area contributed by atoms with Crippen LogP contribution in [0.4, 0.5) is 0 Å². The fourth-order valence-corrected chi connectivity index (χ4v) is 1.88. The molecule has 3 nitrogen and oxygen atoms in total. The van der Waals surface area contributed by atoms with Crippen LogP contribution in [0.5, 0.6) is 5.75 Å². The molecule has 0 aliphatic rings. The Morgan fingerprint density at radius 3 is 2.65 bits per heavy atom. The number of carbonyl (C=O) groups excluding carboxylic acids is 1. The van der Waals surface area contributed by atoms with Crippen LogP contribution in [0.3, 0.4) is 0 Å². The summed E-state index contributed by atoms with van der Waals surface area (Å²) in [7, 11) is 1.53. The Kier molecular flexibility index (Phi) is 3.33. The van der Waals surface area contributed by atoms with Crippen molar-refractivity contribution in [2.24, 2.45) is 0 Å². The maximum Gasteiger partial charge on any atom is 0.231 e. The van der Waals surface area contributed by atoms with Gasteiger partial charge in [-0.1, -0.05) is 15.9 Å². The van der Waals surface area contributed by atoms with Gasteiger partial charge in [0, 0.05) is 4.47 Å². The molecule has 0 aliphatic carbocycles. The normalized spacial score (nSPS) is 10.3. The van der Waals surface area contributed by atoms with E-state index in [0.29, 0.717) is 22.8 Å². The number of benzene rings is 1. The molecule has 2 rings (SSSR count). The lowest BCUT2D eigenvalue weighted by atomic mass is 10.1. The van der Waals surface area contributed by atoms with Crippen LogP contribution in [0.25, 0.3) is 0 Å². The Morgan fingerprint density at radius 1 is 1.29 bits per heavy atom. The van der Waals surface area contributed by atoms with Gasteiger partial charge in [-0.15, -0.1) is 0 Å². The van der Waals surface area contributed by atoms with Gasteiger partial charge in [0.05, 0.1) is 12.7 Å². The Morgan fingerprint density at radius 2 is 2.06 bits per heavy atom. The minimum Gasteiger partial charge on any atom is -0.496 e. The van der Waals surface area contributed by atoms with Crippen molar-refractivity contribution in [2.75, 3.05) is 7.11 Å². The molecular formula is C13H11BrO3. The van der Waals surface area contributed by atoms with Crippen molar-refractivity contribution in [3.8, 4) is 5.75 Å². The van der Waals surface area contributed by atoms with Gasteiger partial charge in [0.15, 0.2) is 5.76 Å². The topological polar surface area (TPSA) is 39.4 Å². The highest BCUT2D eigenvalue weighted by Gasteiger charge is 2.17. The minimum absolute atomic E-state index is 0.178. The van der Waals surface area contributed by atoms with Crippen LogP contribution in [0, 0.1) is 6.92 Å². The number of ketones is 1. The summed E-state index contributed by atoms with van der Waals surface area (Å²) in [6.45, 7) is 1.80. The van der Waals surface area contributed by atoms with Crippen LogP contribution in [0.15, 0.2) is 39.2 Å². The van der Waals surface area contributed by atoms with E-state index in [2.05, 4.69) is 15.9 Å². The zero-order chi connectivity index (χ0) is 12.4. The largest absolute Gasteiger partial charge is 0.496 e. The summed E-state index contributed by atoms with van der Waals surface area (Å²) in [4.78, 5) is 12.2. The van der Waals surface area contributed by atoms with Gasteiger partial charge in [0.1, 0.15) is 11.5 Å². The molecule has 17 heavy (non-hydrogen) atoms. The summed E-state index contributed by atoms with van der Waals surface area (Å²) in [5.41, 5.74) is 0.491. The average Bonchev–Trinajstić information content (AvgIpc) is 2.75. The van der Waals surface area contributed by atoms with Crippen molar-refractivity contribution in [2.45, 2.75) is 6.92 Å². The zero-order valence-corrected chi connectivity index (χ0v) is 11.1. The molecule has 4 heteroatoms. The molecule has 88 valence electrons. The first-order valence-corrected chi connectivity index (χ1v) is 5.86. The first-order valence-electron chi connectivity index (χ1n) is 5.06. The molecule has 0 fully saturated rings. The number of furan rings is 1. The second-order valence-corrected chi connectivity index (χ2v) is 4.50. The third-order valence-electron chi connectivity index (χ3n) is 2.37. The molecule has 0 unspecified atom stereocenters. The van der Waals surface area contributed by atoms with E-state index in [1.807, 2.05) is 0 Å². The zero-order valence-electron chi connectivity index (χ0n) is 9.49. The van der Waals surface area contributed by atoms with Crippen LogP contribution in [-0.4, -0.2) is 12.9 Å². The van der Waals surface area contributed by atoms with Gasteiger partial charge < -0.3 is 9.15 Å². The highest BCUT2D eigenvalue weighted by Crippen LogP contribution is 2.26. The molecule has 0 N–H and O–H groups in total.